The minimum atomic E-state index is 0.0261. The van der Waals surface area contributed by atoms with E-state index in [1.165, 1.54) is 9.65 Å². The number of nitrogens with zero attached hydrogens (tertiary/aromatic N) is 1. The number of aromatic amines is 1. The molecule has 0 fully saturated rings. The third kappa shape index (κ3) is 4.32. The normalized spacial score (nSPS) is 11.8. The number of H-pyrrole nitrogens is 1. The molecule has 4 aromatic rings. The van der Waals surface area contributed by atoms with Gasteiger partial charge in [-0.05, 0) is 0 Å². The van der Waals surface area contributed by atoms with Crippen LogP contribution in [-0.4, -0.2) is 80.4 Å². The van der Waals surface area contributed by atoms with E-state index in [2.05, 4.69) is 37.9 Å². The molecule has 0 radical (unpaired) electrons. The van der Waals surface area contributed by atoms with Gasteiger partial charge in [-0.15, -0.1) is 0 Å². The van der Waals surface area contributed by atoms with Crippen LogP contribution in [-0.2, 0) is 6.54 Å². The van der Waals surface area contributed by atoms with E-state index in [9.17, 15) is 4.79 Å². The first kappa shape index (κ1) is 21.1. The number of hydrogen-bond donors (Lipinski definition) is 6. The Morgan fingerprint density at radius 3 is 2.57 bits per heavy atom. The number of nitrogens with one attached hydrogen (secondary N) is 4. The number of aliphatic hydroxyl groups is 2. The summed E-state index contributed by atoms with van der Waals surface area (Å²) in [6, 6.07) is 9.58. The van der Waals surface area contributed by atoms with E-state index in [1.54, 1.807) is 12.1 Å². The molecule has 30 heavy (non-hydrogen) atoms. The summed E-state index contributed by atoms with van der Waals surface area (Å²) >= 11 is 0.0261. The van der Waals surface area contributed by atoms with Crippen molar-refractivity contribution in [3.8, 4) is 0 Å². The molecule has 0 unspecified atom stereocenters. The molecule has 0 amide bonds. The van der Waals surface area contributed by atoms with Crippen LogP contribution in [0.3, 0.4) is 0 Å². The Bertz CT molecular complexity index is 1200. The topological polar surface area (TPSA) is 114 Å². The van der Waals surface area contributed by atoms with E-state index in [4.69, 9.17) is 10.2 Å². The zero-order chi connectivity index (χ0) is 20.9. The SMILES string of the molecule is O=c1ccc2c(c1)[se]c1c(NCCNCCO)ccc3c1c2[nH]n3CCNCCO. The quantitative estimate of drug-likeness (QED) is 0.105. The van der Waals surface area contributed by atoms with Crippen molar-refractivity contribution in [2.75, 3.05) is 51.3 Å². The Morgan fingerprint density at radius 2 is 1.77 bits per heavy atom. The summed E-state index contributed by atoms with van der Waals surface area (Å²) in [5, 5.41) is 33.7. The van der Waals surface area contributed by atoms with Gasteiger partial charge in [0.05, 0.1) is 0 Å². The third-order valence-corrected chi connectivity index (χ3v) is 7.55. The molecule has 9 heteroatoms. The van der Waals surface area contributed by atoms with Crippen LogP contribution in [0.2, 0.25) is 0 Å². The van der Waals surface area contributed by atoms with E-state index >= 15 is 0 Å². The average molecular weight is 476 g/mol. The molecule has 2 heterocycles. The van der Waals surface area contributed by atoms with Gasteiger partial charge in [0.1, 0.15) is 0 Å². The van der Waals surface area contributed by atoms with Gasteiger partial charge in [0, 0.05) is 0 Å². The van der Waals surface area contributed by atoms with Gasteiger partial charge in [-0.25, -0.2) is 0 Å². The fraction of sp³-hybridized carbons (Fsp3) is 0.381. The number of aromatic nitrogens is 2. The second-order valence-corrected chi connectivity index (χ2v) is 9.32. The molecule has 2 aromatic heterocycles. The van der Waals surface area contributed by atoms with Crippen molar-refractivity contribution in [3.63, 3.8) is 0 Å². The predicted octanol–water partition coefficient (Wildman–Crippen LogP) is 0.269. The molecule has 6 N–H and O–H groups in total. The van der Waals surface area contributed by atoms with Crippen LogP contribution >= 0.6 is 0 Å². The first-order chi connectivity index (χ1) is 14.7. The average Bonchev–Trinajstić information content (AvgIpc) is 3.12. The summed E-state index contributed by atoms with van der Waals surface area (Å²) in [7, 11) is 0. The molecule has 0 aliphatic heterocycles. The Hall–Kier alpha value is -2.13. The fourth-order valence-corrected chi connectivity index (χ4v) is 6.28. The summed E-state index contributed by atoms with van der Waals surface area (Å²) in [6.45, 7) is 4.46. The van der Waals surface area contributed by atoms with E-state index in [0.717, 1.165) is 52.5 Å². The number of benzene rings is 2. The maximum atomic E-state index is 12.0. The summed E-state index contributed by atoms with van der Waals surface area (Å²) < 4.78 is 4.50. The Morgan fingerprint density at radius 1 is 0.967 bits per heavy atom. The van der Waals surface area contributed by atoms with E-state index < -0.39 is 0 Å². The summed E-state index contributed by atoms with van der Waals surface area (Å²) in [6.07, 6.45) is 0. The predicted molar refractivity (Wildman–Crippen MR) is 123 cm³/mol. The first-order valence-corrected chi connectivity index (χ1v) is 11.9. The number of hydrogen-bond acceptors (Lipinski definition) is 6. The molecule has 0 saturated heterocycles. The third-order valence-electron chi connectivity index (χ3n) is 5.06. The van der Waals surface area contributed by atoms with Crippen molar-refractivity contribution in [1.82, 2.24) is 20.4 Å². The van der Waals surface area contributed by atoms with Gasteiger partial charge in [0.2, 0.25) is 0 Å². The number of rotatable bonds is 11. The van der Waals surface area contributed by atoms with E-state index in [-0.39, 0.29) is 33.1 Å². The molecule has 0 atom stereocenters. The molecule has 0 aliphatic rings. The Labute approximate surface area is 179 Å². The van der Waals surface area contributed by atoms with Crippen molar-refractivity contribution in [2.45, 2.75) is 6.54 Å². The van der Waals surface area contributed by atoms with Crippen LogP contribution in [0.4, 0.5) is 5.69 Å². The zero-order valence-electron chi connectivity index (χ0n) is 16.7. The van der Waals surface area contributed by atoms with Gasteiger partial charge in [-0.3, -0.25) is 0 Å². The summed E-state index contributed by atoms with van der Waals surface area (Å²) in [5.74, 6) is 0. The fourth-order valence-electron chi connectivity index (χ4n) is 3.69. The van der Waals surface area contributed by atoms with Gasteiger partial charge >= 0.3 is 179 Å². The second-order valence-electron chi connectivity index (χ2n) is 7.11. The minimum absolute atomic E-state index is 0.0261. The number of anilines is 1. The van der Waals surface area contributed by atoms with Crippen molar-refractivity contribution < 1.29 is 10.2 Å². The van der Waals surface area contributed by atoms with E-state index in [1.807, 2.05) is 6.07 Å². The molecule has 2 aromatic carbocycles. The van der Waals surface area contributed by atoms with Gasteiger partial charge in [-0.1, -0.05) is 0 Å². The monoisotopic (exact) mass is 477 g/mol. The molecule has 4 rings (SSSR count). The van der Waals surface area contributed by atoms with Crippen LogP contribution in [0.1, 0.15) is 0 Å². The van der Waals surface area contributed by atoms with Gasteiger partial charge < -0.3 is 0 Å². The Kier molecular flexibility index (Phi) is 6.89. The van der Waals surface area contributed by atoms with Crippen LogP contribution in [0.25, 0.3) is 30.3 Å². The van der Waals surface area contributed by atoms with Crippen molar-refractivity contribution in [1.29, 1.82) is 0 Å². The summed E-state index contributed by atoms with van der Waals surface area (Å²) in [5.41, 5.74) is 3.35. The summed E-state index contributed by atoms with van der Waals surface area (Å²) in [4.78, 5) is 12.0. The van der Waals surface area contributed by atoms with Gasteiger partial charge in [-0.2, -0.15) is 0 Å². The van der Waals surface area contributed by atoms with Gasteiger partial charge in [0.25, 0.3) is 0 Å². The Balaban J connectivity index is 1.76. The van der Waals surface area contributed by atoms with Crippen molar-refractivity contribution in [2.24, 2.45) is 0 Å². The maximum absolute atomic E-state index is 12.0. The zero-order valence-corrected chi connectivity index (χ0v) is 18.4. The molecule has 0 aliphatic carbocycles. The van der Waals surface area contributed by atoms with Crippen LogP contribution in [0, 0.1) is 0 Å². The van der Waals surface area contributed by atoms with E-state index in [0.29, 0.717) is 13.1 Å². The molecule has 0 spiro atoms. The standard InChI is InChI=1S/C21H27N5O3Se/c27-11-8-22-5-6-24-16-3-4-17-19-20(25-26(17)10-7-23-9-12-28)15-2-1-14(29)13-18(15)30-21(16)19/h1-4,13,22-25,27-28H,5-12H2. The number of aliphatic hydroxyl groups excluding tert-OH is 2. The van der Waals surface area contributed by atoms with Crippen LogP contribution in [0.15, 0.2) is 35.1 Å². The van der Waals surface area contributed by atoms with Crippen molar-refractivity contribution in [3.05, 3.63) is 40.6 Å². The molecule has 0 saturated carbocycles. The van der Waals surface area contributed by atoms with Crippen molar-refractivity contribution >= 4 is 50.5 Å². The molecule has 8 nitrogen and oxygen atoms in total. The molecule has 160 valence electrons. The molecule has 0 bridgehead atoms. The van der Waals surface area contributed by atoms with Crippen LogP contribution < -0.4 is 21.4 Å². The first-order valence-electron chi connectivity index (χ1n) is 10.2. The number of fused-ring (bicyclic) bond motifs is 2. The molecular formula is C21H27N5O3Se. The second kappa shape index (κ2) is 9.78. The molecular weight excluding hydrogens is 449 g/mol. The van der Waals surface area contributed by atoms with Crippen LogP contribution in [0.5, 0.6) is 0 Å². The van der Waals surface area contributed by atoms with Gasteiger partial charge in [0.15, 0.2) is 0 Å².